The van der Waals surface area contributed by atoms with Crippen molar-refractivity contribution in [2.45, 2.75) is 0 Å². The smallest absolute Gasteiger partial charge is 0 e. The average molecular weight is 565 g/mol. The van der Waals surface area contributed by atoms with E-state index in [1.165, 1.54) is 0 Å². The monoisotopic (exact) mass is 564 g/mol. The Morgan fingerprint density at radius 1 is 0.730 bits per heavy atom. The molecule has 3 aromatic rings. The van der Waals surface area contributed by atoms with E-state index in [1.807, 2.05) is 42.8 Å². The first-order valence-corrected chi connectivity index (χ1v) is 10.7. The van der Waals surface area contributed by atoms with Crippen LogP contribution in [0.25, 0.3) is 28.0 Å². The van der Waals surface area contributed by atoms with Crippen LogP contribution in [0.1, 0.15) is 5.76 Å². The van der Waals surface area contributed by atoms with Crippen LogP contribution in [0.4, 0.5) is 0 Å². The van der Waals surface area contributed by atoms with Gasteiger partial charge in [-0.1, -0.05) is 42.5 Å². The fourth-order valence-corrected chi connectivity index (χ4v) is 2.88. The third-order valence-corrected chi connectivity index (χ3v) is 4.22. The molecule has 0 unspecified atom stereocenters. The van der Waals surface area contributed by atoms with Crippen LogP contribution in [0, 0.1) is 36.6 Å². The fraction of sp³-hybridized carbons (Fsp3) is 0.0385. The van der Waals surface area contributed by atoms with Crippen LogP contribution >= 0.6 is 0 Å². The van der Waals surface area contributed by atoms with Gasteiger partial charge in [-0.05, 0) is 35.9 Å². The largest absolute Gasteiger partial charge is 0.222 e. The number of ether oxygens (including phenoxy) is 1. The Balaban J connectivity index is 0. The molecule has 190 valence electrons. The summed E-state index contributed by atoms with van der Waals surface area (Å²) < 4.78 is 67.9. The van der Waals surface area contributed by atoms with Gasteiger partial charge in [0.1, 0.15) is 5.75 Å². The molecule has 0 saturated carbocycles. The molecule has 1 aliphatic carbocycles. The van der Waals surface area contributed by atoms with Crippen molar-refractivity contribution >= 4 is 5.57 Å². The van der Waals surface area contributed by atoms with Gasteiger partial charge in [-0.25, -0.2) is 23.1 Å². The third kappa shape index (κ3) is 13.6. The Hall–Kier alpha value is -3.26. The average Bonchev–Trinajstić information content (AvgIpc) is 3.47. The maximum absolute atomic E-state index is 8.49. The van der Waals surface area contributed by atoms with Gasteiger partial charge in [-0.3, -0.25) is 0 Å². The Labute approximate surface area is 226 Å². The molecule has 1 aliphatic rings. The predicted octanol–water partition coefficient (Wildman–Crippen LogP) is 1.19. The second-order valence-electron chi connectivity index (χ2n) is 6.22. The van der Waals surface area contributed by atoms with Crippen LogP contribution in [0.5, 0.6) is 5.75 Å². The molecule has 0 saturated heterocycles. The molecule has 0 amide bonds. The molecule has 37 heavy (non-hydrogen) atoms. The van der Waals surface area contributed by atoms with E-state index in [0.717, 1.165) is 39.5 Å². The molecule has 2 radical (unpaired) electrons. The molecule has 2 aromatic carbocycles. The minimum Gasteiger partial charge on any atom is -0.222 e. The number of allylic oxidation sites excluding steroid dienone is 4. The first kappa shape index (κ1) is 35.9. The Kier molecular flexibility index (Phi) is 19.3. The van der Waals surface area contributed by atoms with Crippen molar-refractivity contribution in [1.29, 1.82) is 0 Å². The number of benzene rings is 2. The van der Waals surface area contributed by atoms with E-state index in [4.69, 9.17) is 41.7 Å². The second-order valence-corrected chi connectivity index (χ2v) is 6.98. The molecular weight excluding hydrogens is 547 g/mol. The molecular formula is C26H18ClMnO9. The first-order chi connectivity index (χ1) is 17.3. The van der Waals surface area contributed by atoms with E-state index in [1.54, 1.807) is 7.11 Å². The standard InChI is InChI=1S/C23H18O2.3CO.ClHO4.Mn/c1-24-21-13-11-17(12-14-21)20-15-22(18-7-3-2-4-8-18)25-23(16-20)19-9-5-6-10-19;3*1-2;2-1(3,4)5;/h2-16H,1H3;;;;(H,2,3,4,5);/q+1;;;;;/p-1. The number of hydrogen-bond donors (Lipinski definition) is 0. The van der Waals surface area contributed by atoms with Crippen LogP contribution in [0.2, 0.25) is 0 Å². The normalized spacial score (nSPS) is 10.5. The summed E-state index contributed by atoms with van der Waals surface area (Å²) in [6.45, 7) is 13.5. The van der Waals surface area contributed by atoms with E-state index >= 15 is 0 Å². The zero-order valence-corrected chi connectivity index (χ0v) is 21.0. The van der Waals surface area contributed by atoms with Crippen molar-refractivity contribution in [2.24, 2.45) is 0 Å². The number of rotatable bonds is 4. The second kappa shape index (κ2) is 19.9. The summed E-state index contributed by atoms with van der Waals surface area (Å²) in [6, 6.07) is 22.4. The fourth-order valence-electron chi connectivity index (χ4n) is 2.88. The Bertz CT molecular complexity index is 1160. The van der Waals surface area contributed by atoms with Gasteiger partial charge in [0.05, 0.1) is 30.4 Å². The zero-order chi connectivity index (χ0) is 27.6. The molecule has 0 N–H and O–H groups in total. The van der Waals surface area contributed by atoms with E-state index in [0.29, 0.717) is 0 Å². The molecule has 9 nitrogen and oxygen atoms in total. The minimum atomic E-state index is -4.94. The summed E-state index contributed by atoms with van der Waals surface area (Å²) in [5.74, 6) is 2.56. The summed E-state index contributed by atoms with van der Waals surface area (Å²) in [4.78, 5) is 0. The van der Waals surface area contributed by atoms with Crippen molar-refractivity contribution in [2.75, 3.05) is 7.11 Å². The topological polar surface area (TPSA) is 172 Å². The van der Waals surface area contributed by atoms with Crippen molar-refractivity contribution in [1.82, 2.24) is 0 Å². The maximum Gasteiger partial charge on any atom is 0 e. The van der Waals surface area contributed by atoms with Crippen molar-refractivity contribution in [3.8, 4) is 28.2 Å². The van der Waals surface area contributed by atoms with E-state index in [9.17, 15) is 0 Å². The molecule has 0 bridgehead atoms. The molecule has 0 atom stereocenters. The predicted molar refractivity (Wildman–Crippen MR) is 114 cm³/mol. The van der Waals surface area contributed by atoms with Crippen molar-refractivity contribution < 1.29 is 69.1 Å². The molecule has 4 rings (SSSR count). The molecule has 1 aromatic heterocycles. The van der Waals surface area contributed by atoms with Gasteiger partial charge >= 0.3 is 45.4 Å². The van der Waals surface area contributed by atoms with Crippen LogP contribution in [-0.2, 0) is 31.0 Å². The van der Waals surface area contributed by atoms with E-state index < -0.39 is 10.2 Å². The van der Waals surface area contributed by atoms with Gasteiger partial charge in [0.25, 0.3) is 0 Å². The van der Waals surface area contributed by atoms with Gasteiger partial charge in [0.2, 0.25) is 0 Å². The van der Waals surface area contributed by atoms with Gasteiger partial charge in [-0.2, -0.15) is 0 Å². The summed E-state index contributed by atoms with van der Waals surface area (Å²) in [5, 5.41) is 0. The first-order valence-electron chi connectivity index (χ1n) is 9.46. The number of hydrogen-bond acceptors (Lipinski definition) is 5. The molecule has 0 spiro atoms. The molecule has 11 heteroatoms. The van der Waals surface area contributed by atoms with Crippen LogP contribution in [-0.4, -0.2) is 7.11 Å². The van der Waals surface area contributed by atoms with Crippen LogP contribution in [0.3, 0.4) is 0 Å². The number of halogens is 1. The minimum absolute atomic E-state index is 0. The number of methoxy groups -OCH3 is 1. The van der Waals surface area contributed by atoms with E-state index in [-0.39, 0.29) is 17.1 Å². The molecule has 0 fully saturated rings. The van der Waals surface area contributed by atoms with Crippen LogP contribution < -0.4 is 23.4 Å². The van der Waals surface area contributed by atoms with Gasteiger partial charge in [0, 0.05) is 29.1 Å². The summed E-state index contributed by atoms with van der Waals surface area (Å²) in [5.41, 5.74) is 4.38. The molecule has 0 aliphatic heterocycles. The summed E-state index contributed by atoms with van der Waals surface area (Å²) in [6.07, 6.45) is 8.16. The summed E-state index contributed by atoms with van der Waals surface area (Å²) >= 11 is 0. The summed E-state index contributed by atoms with van der Waals surface area (Å²) in [7, 11) is -3.27. The van der Waals surface area contributed by atoms with E-state index in [2.05, 4.69) is 68.5 Å². The third-order valence-electron chi connectivity index (χ3n) is 4.22. The Morgan fingerprint density at radius 2 is 1.24 bits per heavy atom. The Morgan fingerprint density at radius 3 is 1.70 bits per heavy atom. The maximum atomic E-state index is 8.49. The van der Waals surface area contributed by atoms with Crippen molar-refractivity contribution in [3.05, 3.63) is 117 Å². The van der Waals surface area contributed by atoms with Gasteiger partial charge in [-0.15, -0.1) is 10.2 Å². The zero-order valence-electron chi connectivity index (χ0n) is 19.1. The molecule has 1 heterocycles. The SMILES string of the molecule is COc1ccc(-c2cc(C3=C[CH]C=C3)[o+]c(-c3ccccc3)c2)cc1.[C-]#[O+].[C-]#[O+].[C-]#[O+].[Mn].[O-][Cl+3]([O-])([O-])[O-]. The van der Waals surface area contributed by atoms with Crippen molar-refractivity contribution in [3.63, 3.8) is 0 Å². The van der Waals surface area contributed by atoms with Gasteiger partial charge < -0.3 is 4.74 Å². The van der Waals surface area contributed by atoms with Gasteiger partial charge in [0.15, 0.2) is 0 Å². The van der Waals surface area contributed by atoms with Crippen LogP contribution in [0.15, 0.2) is 89.4 Å². The quantitative estimate of drug-likeness (QED) is 0.261.